The van der Waals surface area contributed by atoms with Crippen LogP contribution in [-0.2, 0) is 0 Å². The van der Waals surface area contributed by atoms with Gasteiger partial charge in [0.15, 0.2) is 0 Å². The number of phenolic OH excluding ortho intramolecular Hbond substituents is 1. The van der Waals surface area contributed by atoms with Crippen LogP contribution in [0.4, 0.5) is 0 Å². The van der Waals surface area contributed by atoms with Crippen molar-refractivity contribution in [3.05, 3.63) is 30.5 Å². The van der Waals surface area contributed by atoms with Crippen molar-refractivity contribution < 1.29 is 9.84 Å². The Morgan fingerprint density at radius 2 is 2.10 bits per heavy atom. The van der Waals surface area contributed by atoms with Crippen LogP contribution < -0.4 is 10.5 Å². The number of rotatable bonds is 3. The van der Waals surface area contributed by atoms with Crippen LogP contribution in [0.3, 0.4) is 0 Å². The Morgan fingerprint density at radius 3 is 2.95 bits per heavy atom. The molecule has 0 saturated heterocycles. The number of ether oxygens (including phenoxy) is 1. The minimum Gasteiger partial charge on any atom is -0.508 e. The van der Waals surface area contributed by atoms with Gasteiger partial charge in [-0.2, -0.15) is 0 Å². The molecule has 2 aromatic rings. The molecule has 1 aromatic heterocycles. The second-order valence-corrected chi connectivity index (χ2v) is 5.46. The van der Waals surface area contributed by atoms with Crippen molar-refractivity contribution in [2.75, 3.05) is 6.54 Å². The maximum Gasteiger partial charge on any atom is 0.221 e. The molecule has 3 rings (SSSR count). The van der Waals surface area contributed by atoms with Gasteiger partial charge in [0.25, 0.3) is 0 Å². The van der Waals surface area contributed by atoms with Gasteiger partial charge in [-0.15, -0.1) is 0 Å². The smallest absolute Gasteiger partial charge is 0.221 e. The quantitative estimate of drug-likeness (QED) is 0.901. The zero-order chi connectivity index (χ0) is 13.9. The summed E-state index contributed by atoms with van der Waals surface area (Å²) in [6.45, 7) is 0.653. The number of hydrogen-bond donors (Lipinski definition) is 2. The van der Waals surface area contributed by atoms with Crippen molar-refractivity contribution >= 4 is 10.8 Å². The maximum absolute atomic E-state index is 9.66. The molecule has 3 N–H and O–H groups in total. The largest absolute Gasteiger partial charge is 0.508 e. The SMILES string of the molecule is NCC1CCCCC1Oc1nccc2ccc(O)cc12. The van der Waals surface area contributed by atoms with Crippen LogP contribution in [0.25, 0.3) is 10.8 Å². The van der Waals surface area contributed by atoms with E-state index in [4.69, 9.17) is 10.5 Å². The van der Waals surface area contributed by atoms with Crippen LogP contribution in [0.1, 0.15) is 25.7 Å². The van der Waals surface area contributed by atoms with E-state index in [1.807, 2.05) is 12.1 Å². The summed E-state index contributed by atoms with van der Waals surface area (Å²) in [4.78, 5) is 4.34. The fraction of sp³-hybridized carbons (Fsp3) is 0.438. The minimum absolute atomic E-state index is 0.134. The highest BCUT2D eigenvalue weighted by molar-refractivity contribution is 5.87. The zero-order valence-corrected chi connectivity index (χ0v) is 11.5. The molecular weight excluding hydrogens is 252 g/mol. The highest BCUT2D eigenvalue weighted by Crippen LogP contribution is 2.31. The Hall–Kier alpha value is -1.81. The van der Waals surface area contributed by atoms with Gasteiger partial charge in [-0.3, -0.25) is 0 Å². The van der Waals surface area contributed by atoms with Crippen LogP contribution in [0, 0.1) is 5.92 Å². The van der Waals surface area contributed by atoms with Crippen molar-refractivity contribution in [1.82, 2.24) is 4.98 Å². The lowest BCUT2D eigenvalue weighted by atomic mass is 9.86. The number of hydrogen-bond acceptors (Lipinski definition) is 4. The zero-order valence-electron chi connectivity index (χ0n) is 11.5. The van der Waals surface area contributed by atoms with Crippen LogP contribution in [0.5, 0.6) is 11.6 Å². The van der Waals surface area contributed by atoms with Gasteiger partial charge >= 0.3 is 0 Å². The molecule has 1 aliphatic rings. The number of aromatic nitrogens is 1. The number of nitrogens with two attached hydrogens (primary N) is 1. The summed E-state index contributed by atoms with van der Waals surface area (Å²) in [5.41, 5.74) is 5.84. The highest BCUT2D eigenvalue weighted by Gasteiger charge is 2.26. The highest BCUT2D eigenvalue weighted by atomic mass is 16.5. The van der Waals surface area contributed by atoms with Gasteiger partial charge in [-0.1, -0.05) is 12.5 Å². The van der Waals surface area contributed by atoms with Gasteiger partial charge in [0.05, 0.1) is 0 Å². The van der Waals surface area contributed by atoms with Gasteiger partial charge in [-0.25, -0.2) is 4.98 Å². The molecule has 20 heavy (non-hydrogen) atoms. The third kappa shape index (κ3) is 2.56. The molecule has 0 amide bonds. The first-order chi connectivity index (χ1) is 9.78. The lowest BCUT2D eigenvalue weighted by molar-refractivity contribution is 0.0940. The number of benzene rings is 1. The number of fused-ring (bicyclic) bond motifs is 1. The molecule has 4 nitrogen and oxygen atoms in total. The summed E-state index contributed by atoms with van der Waals surface area (Å²) >= 11 is 0. The molecule has 1 aliphatic carbocycles. The maximum atomic E-state index is 9.66. The van der Waals surface area contributed by atoms with E-state index in [-0.39, 0.29) is 11.9 Å². The lowest BCUT2D eigenvalue weighted by Crippen LogP contribution is -2.35. The fourth-order valence-electron chi connectivity index (χ4n) is 2.97. The van der Waals surface area contributed by atoms with Crippen molar-refractivity contribution in [3.63, 3.8) is 0 Å². The summed E-state index contributed by atoms with van der Waals surface area (Å²) in [6, 6.07) is 7.18. The van der Waals surface area contributed by atoms with Gasteiger partial charge in [0.2, 0.25) is 5.88 Å². The van der Waals surface area contributed by atoms with Crippen molar-refractivity contribution in [2.24, 2.45) is 11.7 Å². The first-order valence-corrected chi connectivity index (χ1v) is 7.22. The molecular formula is C16H20N2O2. The van der Waals surface area contributed by atoms with E-state index in [9.17, 15) is 5.11 Å². The van der Waals surface area contributed by atoms with Gasteiger partial charge in [-0.05, 0) is 49.4 Å². The van der Waals surface area contributed by atoms with Gasteiger partial charge in [0.1, 0.15) is 11.9 Å². The monoisotopic (exact) mass is 272 g/mol. The summed E-state index contributed by atoms with van der Waals surface area (Å²) in [7, 11) is 0. The Kier molecular flexibility index (Phi) is 3.74. The van der Waals surface area contributed by atoms with Crippen molar-refractivity contribution in [3.8, 4) is 11.6 Å². The topological polar surface area (TPSA) is 68.4 Å². The van der Waals surface area contributed by atoms with E-state index in [0.717, 1.165) is 23.6 Å². The van der Waals surface area contributed by atoms with Crippen molar-refractivity contribution in [2.45, 2.75) is 31.8 Å². The molecule has 0 aliphatic heterocycles. The molecule has 0 spiro atoms. The van der Waals surface area contributed by atoms with Crippen LogP contribution >= 0.6 is 0 Å². The van der Waals surface area contributed by atoms with Gasteiger partial charge < -0.3 is 15.6 Å². The van der Waals surface area contributed by atoms with E-state index in [1.54, 1.807) is 18.3 Å². The third-order valence-corrected chi connectivity index (χ3v) is 4.12. The summed E-state index contributed by atoms with van der Waals surface area (Å²) in [5, 5.41) is 11.5. The summed E-state index contributed by atoms with van der Waals surface area (Å²) in [5.74, 6) is 1.23. The molecule has 1 saturated carbocycles. The number of pyridine rings is 1. The van der Waals surface area contributed by atoms with E-state index in [0.29, 0.717) is 18.3 Å². The molecule has 4 heteroatoms. The third-order valence-electron chi connectivity index (χ3n) is 4.12. The van der Waals surface area contributed by atoms with Gasteiger partial charge in [0, 0.05) is 17.5 Å². The first-order valence-electron chi connectivity index (χ1n) is 7.22. The van der Waals surface area contributed by atoms with Crippen LogP contribution in [0.15, 0.2) is 30.5 Å². The predicted octanol–water partition coefficient (Wildman–Crippen LogP) is 2.84. The summed E-state index contributed by atoms with van der Waals surface area (Å²) in [6.07, 6.45) is 6.43. The fourth-order valence-corrected chi connectivity index (χ4v) is 2.97. The second kappa shape index (κ2) is 5.67. The predicted molar refractivity (Wildman–Crippen MR) is 78.8 cm³/mol. The van der Waals surface area contributed by atoms with E-state index in [2.05, 4.69) is 4.98 Å². The molecule has 1 aromatic carbocycles. The Bertz CT molecular complexity index is 600. The van der Waals surface area contributed by atoms with E-state index in [1.165, 1.54) is 12.8 Å². The summed E-state index contributed by atoms with van der Waals surface area (Å²) < 4.78 is 6.12. The normalized spacial score (nSPS) is 22.9. The molecule has 0 bridgehead atoms. The number of phenols is 1. The molecule has 1 fully saturated rings. The first kappa shape index (κ1) is 13.2. The molecule has 2 atom stereocenters. The van der Waals surface area contributed by atoms with E-state index >= 15 is 0 Å². The van der Waals surface area contributed by atoms with Crippen LogP contribution in [0.2, 0.25) is 0 Å². The number of nitrogens with zero attached hydrogens (tertiary/aromatic N) is 1. The molecule has 1 heterocycles. The van der Waals surface area contributed by atoms with Crippen molar-refractivity contribution in [1.29, 1.82) is 0 Å². The van der Waals surface area contributed by atoms with Crippen LogP contribution in [-0.4, -0.2) is 22.7 Å². The second-order valence-electron chi connectivity index (χ2n) is 5.46. The Morgan fingerprint density at radius 1 is 1.25 bits per heavy atom. The average Bonchev–Trinajstić information content (AvgIpc) is 2.48. The molecule has 0 radical (unpaired) electrons. The minimum atomic E-state index is 0.134. The number of aromatic hydroxyl groups is 1. The standard InChI is InChI=1S/C16H20N2O2/c17-10-12-3-1-2-4-15(12)20-16-14-9-13(19)6-5-11(14)7-8-18-16/h5-9,12,15,19H,1-4,10,17H2. The Balaban J connectivity index is 1.91. The van der Waals surface area contributed by atoms with E-state index < -0.39 is 0 Å². The Labute approximate surface area is 118 Å². The lowest BCUT2D eigenvalue weighted by Gasteiger charge is -2.30. The molecule has 2 unspecified atom stereocenters. The average molecular weight is 272 g/mol. The molecule has 106 valence electrons.